The van der Waals surface area contributed by atoms with Gasteiger partial charge in [-0.25, -0.2) is 4.79 Å². The second kappa shape index (κ2) is 16.0. The highest BCUT2D eigenvalue weighted by molar-refractivity contribution is 6.65. The van der Waals surface area contributed by atoms with Gasteiger partial charge in [0.05, 0.1) is 12.2 Å². The first-order valence-corrected chi connectivity index (χ1v) is 17.4. The smallest absolute Gasteiger partial charge is 0.344 e. The Hall–Kier alpha value is -2.41. The van der Waals surface area contributed by atoms with Crippen LogP contribution in [0.3, 0.4) is 0 Å². The lowest BCUT2D eigenvalue weighted by molar-refractivity contribution is 0.248. The Kier molecular flexibility index (Phi) is 12.8. The van der Waals surface area contributed by atoms with Gasteiger partial charge < -0.3 is 18.0 Å². The van der Waals surface area contributed by atoms with Crippen LogP contribution in [0.15, 0.2) is 51.7 Å². The standard InChI is InChI=1S/C33H48O5Si/c1-6-8-13-16-26-17-20-30(27(7-2)23-26)31-24-28-18-19-29(25-32(28)38-33(31)34)37-21-14-11-9-10-12-15-22-39(5,35-3)36-4/h17-20,23-25H,6-16,21-22H2,1-5H3. The van der Waals surface area contributed by atoms with Gasteiger partial charge in [0.2, 0.25) is 0 Å². The van der Waals surface area contributed by atoms with Crippen LogP contribution in [0.5, 0.6) is 5.75 Å². The lowest BCUT2D eigenvalue weighted by Crippen LogP contribution is -2.35. The number of hydrogen-bond acceptors (Lipinski definition) is 5. The summed E-state index contributed by atoms with van der Waals surface area (Å²) in [5, 5.41) is 0.909. The van der Waals surface area contributed by atoms with Gasteiger partial charge >= 0.3 is 14.2 Å². The van der Waals surface area contributed by atoms with Gasteiger partial charge in [0.15, 0.2) is 0 Å². The lowest BCUT2D eigenvalue weighted by Gasteiger charge is -2.22. The highest BCUT2D eigenvalue weighted by Crippen LogP contribution is 2.28. The SMILES string of the molecule is CCCCCc1ccc(-c2cc3ccc(OCCCCCCCC[Si](C)(OC)OC)cc3oc2=O)c(CC)c1. The molecule has 0 radical (unpaired) electrons. The van der Waals surface area contributed by atoms with Crippen LogP contribution < -0.4 is 10.4 Å². The van der Waals surface area contributed by atoms with Crippen molar-refractivity contribution in [1.29, 1.82) is 0 Å². The van der Waals surface area contributed by atoms with E-state index in [2.05, 4.69) is 38.6 Å². The molecule has 0 fully saturated rings. The van der Waals surface area contributed by atoms with Gasteiger partial charge in [0, 0.05) is 25.7 Å². The molecule has 0 saturated carbocycles. The highest BCUT2D eigenvalue weighted by Gasteiger charge is 2.27. The fraction of sp³-hybridized carbons (Fsp3) is 0.545. The topological polar surface area (TPSA) is 57.9 Å². The Morgan fingerprint density at radius 2 is 1.54 bits per heavy atom. The molecule has 3 aromatic rings. The van der Waals surface area contributed by atoms with Crippen molar-refractivity contribution in [3.8, 4) is 16.9 Å². The predicted octanol–water partition coefficient (Wildman–Crippen LogP) is 8.84. The summed E-state index contributed by atoms with van der Waals surface area (Å²) in [4.78, 5) is 13.0. The van der Waals surface area contributed by atoms with Gasteiger partial charge in [-0.05, 0) is 73.2 Å². The Bertz CT molecular complexity index is 1210. The van der Waals surface area contributed by atoms with Crippen LogP contribution in [0, 0.1) is 0 Å². The molecular formula is C33H48O5Si. The van der Waals surface area contributed by atoms with Crippen molar-refractivity contribution in [3.63, 3.8) is 0 Å². The minimum Gasteiger partial charge on any atom is -0.493 e. The first-order valence-electron chi connectivity index (χ1n) is 14.9. The molecule has 0 aliphatic carbocycles. The van der Waals surface area contributed by atoms with E-state index in [4.69, 9.17) is 18.0 Å². The van der Waals surface area contributed by atoms with E-state index < -0.39 is 8.56 Å². The third-order valence-electron chi connectivity index (χ3n) is 7.77. The van der Waals surface area contributed by atoms with Gasteiger partial charge in [-0.15, -0.1) is 0 Å². The molecule has 2 aromatic carbocycles. The van der Waals surface area contributed by atoms with E-state index in [1.54, 1.807) is 14.2 Å². The molecule has 39 heavy (non-hydrogen) atoms. The molecule has 1 aromatic heterocycles. The molecule has 0 spiro atoms. The van der Waals surface area contributed by atoms with Crippen LogP contribution in [0.25, 0.3) is 22.1 Å². The molecule has 5 nitrogen and oxygen atoms in total. The fourth-order valence-electron chi connectivity index (χ4n) is 5.04. The second-order valence-electron chi connectivity index (χ2n) is 10.7. The van der Waals surface area contributed by atoms with Gasteiger partial charge in [0.1, 0.15) is 11.3 Å². The first kappa shape index (κ1) is 31.1. The monoisotopic (exact) mass is 552 g/mol. The number of ether oxygens (including phenoxy) is 1. The second-order valence-corrected chi connectivity index (χ2v) is 14.3. The van der Waals surface area contributed by atoms with Crippen molar-refractivity contribution in [2.24, 2.45) is 0 Å². The van der Waals surface area contributed by atoms with Crippen molar-refractivity contribution in [1.82, 2.24) is 0 Å². The van der Waals surface area contributed by atoms with Crippen LogP contribution in [0.4, 0.5) is 0 Å². The largest absolute Gasteiger partial charge is 0.493 e. The molecule has 0 bridgehead atoms. The third-order valence-corrected chi connectivity index (χ3v) is 10.8. The molecular weight excluding hydrogens is 504 g/mol. The zero-order valence-corrected chi connectivity index (χ0v) is 25.8. The maximum absolute atomic E-state index is 13.0. The average Bonchev–Trinajstić information content (AvgIpc) is 2.95. The molecule has 0 amide bonds. The predicted molar refractivity (Wildman–Crippen MR) is 164 cm³/mol. The van der Waals surface area contributed by atoms with Gasteiger partial charge in [0.25, 0.3) is 0 Å². The summed E-state index contributed by atoms with van der Waals surface area (Å²) in [6.07, 6.45) is 12.6. The fourth-order valence-corrected chi connectivity index (χ4v) is 6.51. The summed E-state index contributed by atoms with van der Waals surface area (Å²) in [6.45, 7) is 7.15. The Labute approximate surface area is 236 Å². The Balaban J connectivity index is 1.52. The van der Waals surface area contributed by atoms with Crippen molar-refractivity contribution >= 4 is 19.5 Å². The van der Waals surface area contributed by atoms with Gasteiger partial charge in [-0.1, -0.05) is 77.0 Å². The summed E-state index contributed by atoms with van der Waals surface area (Å²) in [7, 11) is 1.59. The molecule has 214 valence electrons. The van der Waals surface area contributed by atoms with Crippen molar-refractivity contribution in [2.45, 2.75) is 97.1 Å². The van der Waals surface area contributed by atoms with E-state index in [1.807, 2.05) is 24.3 Å². The maximum atomic E-state index is 13.0. The number of unbranched alkanes of at least 4 members (excludes halogenated alkanes) is 7. The highest BCUT2D eigenvalue weighted by atomic mass is 28.4. The van der Waals surface area contributed by atoms with E-state index >= 15 is 0 Å². The molecule has 3 rings (SSSR count). The number of hydrogen-bond donors (Lipinski definition) is 0. The van der Waals surface area contributed by atoms with Crippen LogP contribution in [0.2, 0.25) is 12.6 Å². The quantitative estimate of drug-likeness (QED) is 0.0896. The van der Waals surface area contributed by atoms with Gasteiger partial charge in [-0.3, -0.25) is 0 Å². The van der Waals surface area contributed by atoms with Crippen LogP contribution in [0.1, 0.15) is 82.8 Å². The van der Waals surface area contributed by atoms with Crippen LogP contribution in [-0.4, -0.2) is 29.4 Å². The van der Waals surface area contributed by atoms with Crippen molar-refractivity contribution < 1.29 is 18.0 Å². The Morgan fingerprint density at radius 3 is 2.26 bits per heavy atom. The zero-order chi connectivity index (χ0) is 28.1. The minimum absolute atomic E-state index is 0.299. The maximum Gasteiger partial charge on any atom is 0.344 e. The molecule has 0 N–H and O–H groups in total. The molecule has 0 unspecified atom stereocenters. The number of rotatable bonds is 18. The summed E-state index contributed by atoms with van der Waals surface area (Å²) in [5.41, 5.74) is 4.41. The summed E-state index contributed by atoms with van der Waals surface area (Å²) in [6, 6.07) is 15.3. The molecule has 1 heterocycles. The summed E-state index contributed by atoms with van der Waals surface area (Å²) in [5.74, 6) is 0.743. The molecule has 0 aliphatic heterocycles. The normalized spacial score (nSPS) is 11.8. The van der Waals surface area contributed by atoms with Crippen molar-refractivity contribution in [2.75, 3.05) is 20.8 Å². The van der Waals surface area contributed by atoms with E-state index in [0.29, 0.717) is 17.8 Å². The van der Waals surface area contributed by atoms with Crippen LogP contribution >= 0.6 is 0 Å². The van der Waals surface area contributed by atoms with E-state index in [0.717, 1.165) is 54.8 Å². The lowest BCUT2D eigenvalue weighted by atomic mass is 9.94. The molecule has 0 atom stereocenters. The third kappa shape index (κ3) is 9.33. The van der Waals surface area contributed by atoms with E-state index in [9.17, 15) is 4.79 Å². The zero-order valence-electron chi connectivity index (χ0n) is 24.8. The van der Waals surface area contributed by atoms with Crippen molar-refractivity contribution in [3.05, 3.63) is 64.0 Å². The number of aryl methyl sites for hydroxylation is 2. The number of fused-ring (bicyclic) bond motifs is 1. The molecule has 6 heteroatoms. The minimum atomic E-state index is -1.92. The molecule has 0 aliphatic rings. The van der Waals surface area contributed by atoms with Gasteiger partial charge in [-0.2, -0.15) is 0 Å². The summed E-state index contributed by atoms with van der Waals surface area (Å²) >= 11 is 0. The molecule has 0 saturated heterocycles. The Morgan fingerprint density at radius 1 is 0.795 bits per heavy atom. The average molecular weight is 553 g/mol. The number of benzene rings is 2. The van der Waals surface area contributed by atoms with E-state index in [-0.39, 0.29) is 5.63 Å². The first-order chi connectivity index (χ1) is 18.9. The van der Waals surface area contributed by atoms with E-state index in [1.165, 1.54) is 49.7 Å². The summed E-state index contributed by atoms with van der Waals surface area (Å²) < 4.78 is 22.8. The van der Waals surface area contributed by atoms with Crippen LogP contribution in [-0.2, 0) is 21.7 Å².